The van der Waals surface area contributed by atoms with Gasteiger partial charge < -0.3 is 14.8 Å². The predicted molar refractivity (Wildman–Crippen MR) is 108 cm³/mol. The van der Waals surface area contributed by atoms with E-state index in [1.165, 1.54) is 5.56 Å². The number of carbonyl (C=O) groups is 1. The largest absolute Gasteiger partial charge is 0.491 e. The van der Waals surface area contributed by atoms with Crippen molar-refractivity contribution in [3.63, 3.8) is 0 Å². The van der Waals surface area contributed by atoms with Gasteiger partial charge in [-0.3, -0.25) is 4.79 Å². The van der Waals surface area contributed by atoms with Gasteiger partial charge in [0, 0.05) is 18.9 Å². The number of hydrogen-bond donors (Lipinski definition) is 1. The van der Waals surface area contributed by atoms with Gasteiger partial charge in [-0.1, -0.05) is 36.8 Å². The minimum absolute atomic E-state index is 0.0326. The van der Waals surface area contributed by atoms with Crippen LogP contribution in [0.15, 0.2) is 48.5 Å². The molecule has 1 heterocycles. The topological polar surface area (TPSA) is 47.6 Å². The number of anilines is 1. The van der Waals surface area contributed by atoms with Gasteiger partial charge in [0.1, 0.15) is 5.75 Å². The molecule has 27 heavy (non-hydrogen) atoms. The average Bonchev–Trinajstić information content (AvgIpc) is 2.70. The third-order valence-corrected chi connectivity index (χ3v) is 5.41. The van der Waals surface area contributed by atoms with Crippen molar-refractivity contribution < 1.29 is 14.3 Å². The molecule has 1 aliphatic heterocycles. The SMILES string of the molecule is CCC(C)Oc1ccc(NC(=O)C2(c3ccc(C)cc3)CCOCC2)cc1. The second-order valence-corrected chi connectivity index (χ2v) is 7.38. The maximum atomic E-state index is 13.3. The van der Waals surface area contributed by atoms with Crippen molar-refractivity contribution in [1.29, 1.82) is 0 Å². The second kappa shape index (κ2) is 8.57. The van der Waals surface area contributed by atoms with Gasteiger partial charge in [-0.05, 0) is 62.9 Å². The lowest BCUT2D eigenvalue weighted by atomic mass is 9.73. The Balaban J connectivity index is 1.78. The first-order valence-electron chi connectivity index (χ1n) is 9.76. The van der Waals surface area contributed by atoms with Crippen molar-refractivity contribution >= 4 is 11.6 Å². The van der Waals surface area contributed by atoms with E-state index in [4.69, 9.17) is 9.47 Å². The molecule has 1 atom stereocenters. The number of carbonyl (C=O) groups excluding carboxylic acids is 1. The van der Waals surface area contributed by atoms with Gasteiger partial charge in [-0.2, -0.15) is 0 Å². The molecule has 2 aromatic carbocycles. The molecule has 0 spiro atoms. The summed E-state index contributed by atoms with van der Waals surface area (Å²) in [6.07, 6.45) is 2.52. The van der Waals surface area contributed by atoms with Crippen LogP contribution in [0.25, 0.3) is 0 Å². The lowest BCUT2D eigenvalue weighted by Crippen LogP contribution is -2.44. The first kappa shape index (κ1) is 19.4. The van der Waals surface area contributed by atoms with Crippen molar-refractivity contribution in [3.05, 3.63) is 59.7 Å². The second-order valence-electron chi connectivity index (χ2n) is 7.38. The van der Waals surface area contributed by atoms with Crippen molar-refractivity contribution in [2.24, 2.45) is 0 Å². The molecule has 0 saturated carbocycles. The fourth-order valence-corrected chi connectivity index (χ4v) is 3.42. The van der Waals surface area contributed by atoms with E-state index in [0.717, 1.165) is 23.4 Å². The van der Waals surface area contributed by atoms with Crippen LogP contribution in [0.1, 0.15) is 44.2 Å². The number of rotatable bonds is 6. The third-order valence-electron chi connectivity index (χ3n) is 5.41. The fourth-order valence-electron chi connectivity index (χ4n) is 3.42. The molecule has 1 aliphatic rings. The summed E-state index contributed by atoms with van der Waals surface area (Å²) in [5, 5.41) is 3.11. The molecule has 4 heteroatoms. The number of ether oxygens (including phenoxy) is 2. The van der Waals surface area contributed by atoms with Gasteiger partial charge in [0.05, 0.1) is 11.5 Å². The number of nitrogens with one attached hydrogen (secondary N) is 1. The summed E-state index contributed by atoms with van der Waals surface area (Å²) < 4.78 is 11.3. The van der Waals surface area contributed by atoms with Crippen LogP contribution in [0.4, 0.5) is 5.69 Å². The number of amides is 1. The summed E-state index contributed by atoms with van der Waals surface area (Å²) >= 11 is 0. The molecular weight excluding hydrogens is 338 g/mol. The van der Waals surface area contributed by atoms with Crippen molar-refractivity contribution in [2.75, 3.05) is 18.5 Å². The Kier molecular flexibility index (Phi) is 6.17. The monoisotopic (exact) mass is 367 g/mol. The summed E-state index contributed by atoms with van der Waals surface area (Å²) in [4.78, 5) is 13.3. The Morgan fingerprint density at radius 3 is 2.33 bits per heavy atom. The number of aryl methyl sites for hydroxylation is 1. The molecule has 4 nitrogen and oxygen atoms in total. The molecule has 0 bridgehead atoms. The lowest BCUT2D eigenvalue weighted by Gasteiger charge is -2.36. The molecular formula is C23H29NO3. The van der Waals surface area contributed by atoms with Gasteiger partial charge in [-0.15, -0.1) is 0 Å². The normalized spacial score (nSPS) is 17.1. The van der Waals surface area contributed by atoms with Gasteiger partial charge in [-0.25, -0.2) is 0 Å². The van der Waals surface area contributed by atoms with Crippen LogP contribution in [-0.2, 0) is 14.9 Å². The van der Waals surface area contributed by atoms with Gasteiger partial charge in [0.2, 0.25) is 5.91 Å². The molecule has 1 amide bonds. The molecule has 0 aliphatic carbocycles. The minimum Gasteiger partial charge on any atom is -0.491 e. The quantitative estimate of drug-likeness (QED) is 0.793. The summed E-state index contributed by atoms with van der Waals surface area (Å²) in [6, 6.07) is 15.9. The highest BCUT2D eigenvalue weighted by Gasteiger charge is 2.41. The van der Waals surface area contributed by atoms with Crippen LogP contribution in [0.5, 0.6) is 5.75 Å². The number of hydrogen-bond acceptors (Lipinski definition) is 3. The van der Waals surface area contributed by atoms with Crippen LogP contribution >= 0.6 is 0 Å². The Bertz CT molecular complexity index is 746. The van der Waals surface area contributed by atoms with Crippen LogP contribution in [-0.4, -0.2) is 25.2 Å². The van der Waals surface area contributed by atoms with Gasteiger partial charge in [0.25, 0.3) is 0 Å². The van der Waals surface area contributed by atoms with Gasteiger partial charge in [0.15, 0.2) is 0 Å². The van der Waals surface area contributed by atoms with E-state index in [9.17, 15) is 4.79 Å². The standard InChI is InChI=1S/C23H29NO3/c1-4-18(3)27-21-11-9-20(10-12-21)24-22(25)23(13-15-26-16-14-23)19-7-5-17(2)6-8-19/h5-12,18H,4,13-16H2,1-3H3,(H,24,25). The zero-order valence-electron chi connectivity index (χ0n) is 16.5. The van der Waals surface area contributed by atoms with Crippen LogP contribution in [0.2, 0.25) is 0 Å². The smallest absolute Gasteiger partial charge is 0.235 e. The minimum atomic E-state index is -0.544. The van der Waals surface area contributed by atoms with E-state index in [1.807, 2.05) is 31.2 Å². The predicted octanol–water partition coefficient (Wildman–Crippen LogP) is 4.86. The first-order chi connectivity index (χ1) is 13.0. The lowest BCUT2D eigenvalue weighted by molar-refractivity contribution is -0.125. The molecule has 1 fully saturated rings. The first-order valence-corrected chi connectivity index (χ1v) is 9.76. The third kappa shape index (κ3) is 4.51. The Labute approximate surface area is 161 Å². The highest BCUT2D eigenvalue weighted by Crippen LogP contribution is 2.36. The molecule has 1 N–H and O–H groups in total. The average molecular weight is 367 g/mol. The zero-order valence-corrected chi connectivity index (χ0v) is 16.5. The van der Waals surface area contributed by atoms with Crippen molar-refractivity contribution in [2.45, 2.75) is 51.6 Å². The van der Waals surface area contributed by atoms with Crippen molar-refractivity contribution in [3.8, 4) is 5.75 Å². The Morgan fingerprint density at radius 1 is 1.11 bits per heavy atom. The van der Waals surface area contributed by atoms with Crippen molar-refractivity contribution in [1.82, 2.24) is 0 Å². The molecule has 1 unspecified atom stereocenters. The van der Waals surface area contributed by atoms with E-state index in [2.05, 4.69) is 43.4 Å². The zero-order chi connectivity index (χ0) is 19.3. The van der Waals surface area contributed by atoms with E-state index in [1.54, 1.807) is 0 Å². The van der Waals surface area contributed by atoms with Crippen LogP contribution in [0.3, 0.4) is 0 Å². The highest BCUT2D eigenvalue weighted by atomic mass is 16.5. The summed E-state index contributed by atoms with van der Waals surface area (Å²) in [6.45, 7) is 7.40. The van der Waals surface area contributed by atoms with E-state index < -0.39 is 5.41 Å². The van der Waals surface area contributed by atoms with Gasteiger partial charge >= 0.3 is 0 Å². The number of benzene rings is 2. The molecule has 0 radical (unpaired) electrons. The highest BCUT2D eigenvalue weighted by molar-refractivity contribution is 5.99. The summed E-state index contributed by atoms with van der Waals surface area (Å²) in [5.74, 6) is 0.854. The Morgan fingerprint density at radius 2 is 1.74 bits per heavy atom. The molecule has 3 rings (SSSR count). The molecule has 2 aromatic rings. The summed E-state index contributed by atoms with van der Waals surface area (Å²) in [7, 11) is 0. The molecule has 1 saturated heterocycles. The van der Waals surface area contributed by atoms with E-state index >= 15 is 0 Å². The van der Waals surface area contributed by atoms with E-state index in [-0.39, 0.29) is 12.0 Å². The summed E-state index contributed by atoms with van der Waals surface area (Å²) in [5.41, 5.74) is 2.50. The fraction of sp³-hybridized carbons (Fsp3) is 0.435. The Hall–Kier alpha value is -2.33. The van der Waals surface area contributed by atoms with E-state index in [0.29, 0.717) is 26.1 Å². The molecule has 0 aromatic heterocycles. The van der Waals surface area contributed by atoms with Crippen LogP contribution < -0.4 is 10.1 Å². The molecule has 144 valence electrons. The maximum Gasteiger partial charge on any atom is 0.235 e. The van der Waals surface area contributed by atoms with Crippen LogP contribution in [0, 0.1) is 6.92 Å². The maximum absolute atomic E-state index is 13.3.